The van der Waals surface area contributed by atoms with Crippen LogP contribution in [0.25, 0.3) is 6.08 Å². The summed E-state index contributed by atoms with van der Waals surface area (Å²) in [6, 6.07) is 9.63. The van der Waals surface area contributed by atoms with Gasteiger partial charge in [-0.1, -0.05) is 0 Å². The van der Waals surface area contributed by atoms with Crippen LogP contribution < -0.4 is 10.1 Å². The summed E-state index contributed by atoms with van der Waals surface area (Å²) in [4.78, 5) is 33.4. The SMILES string of the molecule is O=C1NC(=O)C(=Cc2cc(Br)c(OCc3ccc([N+](=O)[O-])cc3)c(Br)c2)S1. The Bertz CT molecular complexity index is 953. The zero-order valence-electron chi connectivity index (χ0n) is 13.4. The number of non-ortho nitro benzene ring substituents is 1. The van der Waals surface area contributed by atoms with E-state index in [-0.39, 0.29) is 12.3 Å². The van der Waals surface area contributed by atoms with E-state index in [9.17, 15) is 19.7 Å². The van der Waals surface area contributed by atoms with Gasteiger partial charge in [-0.05, 0) is 85.1 Å². The minimum Gasteiger partial charge on any atom is -0.487 e. The van der Waals surface area contributed by atoms with E-state index in [1.807, 2.05) is 0 Å². The lowest BCUT2D eigenvalue weighted by molar-refractivity contribution is -0.384. The molecule has 2 amide bonds. The second-order valence-electron chi connectivity index (χ2n) is 5.38. The maximum Gasteiger partial charge on any atom is 0.290 e. The predicted octanol–water partition coefficient (Wildman–Crippen LogP) is 5.02. The largest absolute Gasteiger partial charge is 0.487 e. The third kappa shape index (κ3) is 4.76. The number of nitrogens with zero attached hydrogens (tertiary/aromatic N) is 1. The Kier molecular flexibility index (Phi) is 5.98. The number of carbonyl (C=O) groups is 2. The number of rotatable bonds is 5. The number of nitrogens with one attached hydrogen (secondary N) is 1. The molecule has 0 aromatic heterocycles. The van der Waals surface area contributed by atoms with Gasteiger partial charge >= 0.3 is 0 Å². The van der Waals surface area contributed by atoms with Crippen LogP contribution in [0.3, 0.4) is 0 Å². The number of amides is 2. The Morgan fingerprint density at radius 2 is 1.78 bits per heavy atom. The van der Waals surface area contributed by atoms with E-state index in [2.05, 4.69) is 37.2 Å². The highest BCUT2D eigenvalue weighted by Gasteiger charge is 2.25. The van der Waals surface area contributed by atoms with Crippen LogP contribution in [0.15, 0.2) is 50.2 Å². The fourth-order valence-corrected chi connectivity index (χ4v) is 4.38. The Labute approximate surface area is 174 Å². The second-order valence-corrected chi connectivity index (χ2v) is 8.10. The monoisotopic (exact) mass is 512 g/mol. The molecule has 138 valence electrons. The van der Waals surface area contributed by atoms with Crippen molar-refractivity contribution >= 4 is 66.5 Å². The van der Waals surface area contributed by atoms with Gasteiger partial charge in [0.05, 0.1) is 18.8 Å². The van der Waals surface area contributed by atoms with E-state index in [0.717, 1.165) is 17.3 Å². The van der Waals surface area contributed by atoms with E-state index < -0.39 is 16.1 Å². The first-order valence-electron chi connectivity index (χ1n) is 7.43. The number of imide groups is 1. The number of benzene rings is 2. The quantitative estimate of drug-likeness (QED) is 0.342. The van der Waals surface area contributed by atoms with Gasteiger partial charge in [-0.3, -0.25) is 25.0 Å². The highest BCUT2D eigenvalue weighted by Crippen LogP contribution is 2.37. The first kappa shape index (κ1) is 19.6. The number of nitro groups is 1. The molecule has 10 heteroatoms. The number of ether oxygens (including phenoxy) is 1. The molecular formula is C17H10Br2N2O5S. The normalized spacial score (nSPS) is 15.1. The summed E-state index contributed by atoms with van der Waals surface area (Å²) in [5.41, 5.74) is 1.51. The summed E-state index contributed by atoms with van der Waals surface area (Å²) >= 11 is 7.71. The maximum absolute atomic E-state index is 11.6. The van der Waals surface area contributed by atoms with Crippen LogP contribution in [-0.4, -0.2) is 16.1 Å². The molecule has 0 unspecified atom stereocenters. The van der Waals surface area contributed by atoms with E-state index in [1.54, 1.807) is 30.3 Å². The van der Waals surface area contributed by atoms with Crippen molar-refractivity contribution in [2.24, 2.45) is 0 Å². The van der Waals surface area contributed by atoms with Gasteiger partial charge < -0.3 is 4.74 Å². The third-order valence-corrected chi connectivity index (χ3v) is 5.48. The van der Waals surface area contributed by atoms with Gasteiger partial charge in [-0.15, -0.1) is 0 Å². The lowest BCUT2D eigenvalue weighted by Gasteiger charge is -2.11. The molecule has 1 aliphatic rings. The number of nitro benzene ring substituents is 1. The molecule has 7 nitrogen and oxygen atoms in total. The Morgan fingerprint density at radius 1 is 1.15 bits per heavy atom. The highest BCUT2D eigenvalue weighted by atomic mass is 79.9. The number of hydrogen-bond donors (Lipinski definition) is 1. The highest BCUT2D eigenvalue weighted by molar-refractivity contribution is 9.11. The molecule has 2 aromatic rings. The molecule has 0 saturated carbocycles. The van der Waals surface area contributed by atoms with Crippen LogP contribution in [0.5, 0.6) is 5.75 Å². The van der Waals surface area contributed by atoms with Crippen LogP contribution in [0.2, 0.25) is 0 Å². The van der Waals surface area contributed by atoms with Gasteiger partial charge in [0.1, 0.15) is 12.4 Å². The molecule has 0 aliphatic carbocycles. The Balaban J connectivity index is 1.75. The fourth-order valence-electron chi connectivity index (χ4n) is 2.24. The van der Waals surface area contributed by atoms with Crippen molar-refractivity contribution in [3.05, 3.63) is 71.5 Å². The number of halogens is 2. The average Bonchev–Trinajstić information content (AvgIpc) is 2.91. The zero-order chi connectivity index (χ0) is 19.6. The van der Waals surface area contributed by atoms with Crippen LogP contribution in [0, 0.1) is 10.1 Å². The molecule has 1 fully saturated rings. The van der Waals surface area contributed by atoms with Crippen molar-refractivity contribution in [2.75, 3.05) is 0 Å². The maximum atomic E-state index is 11.6. The molecule has 2 aromatic carbocycles. The number of carbonyl (C=O) groups excluding carboxylic acids is 2. The van der Waals surface area contributed by atoms with Gasteiger partial charge in [0, 0.05) is 12.1 Å². The lowest BCUT2D eigenvalue weighted by atomic mass is 10.2. The molecule has 1 heterocycles. The third-order valence-electron chi connectivity index (χ3n) is 3.49. The average molecular weight is 514 g/mol. The first-order valence-corrected chi connectivity index (χ1v) is 9.84. The Morgan fingerprint density at radius 3 is 2.30 bits per heavy atom. The number of hydrogen-bond acceptors (Lipinski definition) is 6. The minimum absolute atomic E-state index is 0.0193. The molecule has 0 spiro atoms. The Hall–Kier alpha value is -2.17. The van der Waals surface area contributed by atoms with Crippen LogP contribution in [0.4, 0.5) is 10.5 Å². The predicted molar refractivity (Wildman–Crippen MR) is 108 cm³/mol. The standard InChI is InChI=1S/C17H10Br2N2O5S/c18-12-5-10(7-14-16(22)20-17(23)27-14)6-13(19)15(12)26-8-9-1-3-11(4-2-9)21(24)25/h1-7H,8H2,(H,20,22,23). The zero-order valence-corrected chi connectivity index (χ0v) is 17.4. The summed E-state index contributed by atoms with van der Waals surface area (Å²) < 4.78 is 7.10. The summed E-state index contributed by atoms with van der Waals surface area (Å²) in [7, 11) is 0. The van der Waals surface area contributed by atoms with Crippen molar-refractivity contribution < 1.29 is 19.2 Å². The van der Waals surface area contributed by atoms with Crippen molar-refractivity contribution in [3.63, 3.8) is 0 Å². The molecule has 1 N–H and O–H groups in total. The topological polar surface area (TPSA) is 98.5 Å². The van der Waals surface area contributed by atoms with Crippen LogP contribution in [0.1, 0.15) is 11.1 Å². The molecule has 1 saturated heterocycles. The molecule has 0 atom stereocenters. The molecular weight excluding hydrogens is 504 g/mol. The minimum atomic E-state index is -0.457. The smallest absolute Gasteiger partial charge is 0.290 e. The molecule has 27 heavy (non-hydrogen) atoms. The van der Waals surface area contributed by atoms with E-state index >= 15 is 0 Å². The lowest BCUT2D eigenvalue weighted by Crippen LogP contribution is -2.17. The van der Waals surface area contributed by atoms with Crippen molar-refractivity contribution in [1.82, 2.24) is 5.32 Å². The summed E-state index contributed by atoms with van der Waals surface area (Å²) in [5, 5.41) is 12.5. The van der Waals surface area contributed by atoms with E-state index in [4.69, 9.17) is 4.74 Å². The van der Waals surface area contributed by atoms with Crippen molar-refractivity contribution in [2.45, 2.75) is 6.61 Å². The van der Waals surface area contributed by atoms with Gasteiger partial charge in [0.2, 0.25) is 0 Å². The van der Waals surface area contributed by atoms with Gasteiger partial charge in [-0.2, -0.15) is 0 Å². The van der Waals surface area contributed by atoms with Crippen LogP contribution >= 0.6 is 43.6 Å². The van der Waals surface area contributed by atoms with Crippen LogP contribution in [-0.2, 0) is 11.4 Å². The van der Waals surface area contributed by atoms with Gasteiger partial charge in [-0.25, -0.2) is 0 Å². The van der Waals surface area contributed by atoms with E-state index in [0.29, 0.717) is 25.2 Å². The molecule has 1 aliphatic heterocycles. The molecule has 3 rings (SSSR count). The summed E-state index contributed by atoms with van der Waals surface area (Å²) in [6.45, 7) is 0.225. The van der Waals surface area contributed by atoms with E-state index in [1.165, 1.54) is 12.1 Å². The molecule has 0 radical (unpaired) electrons. The second kappa shape index (κ2) is 8.24. The number of thioether (sulfide) groups is 1. The van der Waals surface area contributed by atoms with Gasteiger partial charge in [0.15, 0.2) is 0 Å². The first-order chi connectivity index (χ1) is 12.8. The fraction of sp³-hybridized carbons (Fsp3) is 0.0588. The summed E-state index contributed by atoms with van der Waals surface area (Å²) in [5.74, 6) is 0.130. The summed E-state index contributed by atoms with van der Waals surface area (Å²) in [6.07, 6.45) is 1.61. The molecule has 0 bridgehead atoms. The van der Waals surface area contributed by atoms with Gasteiger partial charge in [0.25, 0.3) is 16.8 Å². The van der Waals surface area contributed by atoms with Crippen molar-refractivity contribution in [1.29, 1.82) is 0 Å². The van der Waals surface area contributed by atoms with Crippen molar-refractivity contribution in [3.8, 4) is 5.75 Å².